The fourth-order valence-corrected chi connectivity index (χ4v) is 0. The molecule has 20 heavy (non-hydrogen) atoms. The normalized spacial score (nSPS) is 10.7. The second-order valence-corrected chi connectivity index (χ2v) is 5.15. The molecule has 0 rings (SSSR count). The third-order valence-corrected chi connectivity index (χ3v) is 0.957. The zero-order valence-electron chi connectivity index (χ0n) is 9.23. The molecule has 9 N–H and O–H groups in total. The number of hydrogen-bond acceptors (Lipinski definition) is 9. The van der Waals surface area contributed by atoms with Gasteiger partial charge in [0.2, 0.25) is 0 Å². The van der Waals surface area contributed by atoms with E-state index >= 15 is 0 Å². The molecule has 2 unspecified atom stereocenters. The molecule has 0 radical (unpaired) electrons. The van der Waals surface area contributed by atoms with E-state index in [2.05, 4.69) is 14.0 Å². The van der Waals surface area contributed by atoms with E-state index in [1.54, 1.807) is 0 Å². The van der Waals surface area contributed by atoms with Gasteiger partial charge < -0.3 is 29.4 Å². The van der Waals surface area contributed by atoms with E-state index in [-0.39, 0.29) is 35.9 Å². The van der Waals surface area contributed by atoms with Crippen LogP contribution in [0, 0.1) is 0 Å². The Morgan fingerprint density at radius 1 is 0.500 bits per heavy atom. The number of rotatable bonds is 3. The molecule has 0 fully saturated rings. The van der Waals surface area contributed by atoms with E-state index < -0.39 is 23.5 Å². The summed E-state index contributed by atoms with van der Waals surface area (Å²) >= 11 is 0. The van der Waals surface area contributed by atoms with Gasteiger partial charge in [-0.15, -0.1) is 14.0 Å². The Kier molecular flexibility index (Phi) is 25.2. The molecule has 0 saturated heterocycles. The van der Waals surface area contributed by atoms with Gasteiger partial charge in [0.25, 0.3) is 0 Å². The van der Waals surface area contributed by atoms with Crippen molar-refractivity contribution in [3.05, 3.63) is 0 Å². The summed E-state index contributed by atoms with van der Waals surface area (Å²) in [5.41, 5.74) is 0. The Morgan fingerprint density at radius 2 is 0.550 bits per heavy atom. The Balaban J connectivity index is -0.0000000536. The van der Waals surface area contributed by atoms with Crippen LogP contribution < -0.4 is 0 Å². The predicted molar refractivity (Wildman–Crippen MR) is 67.2 cm³/mol. The summed E-state index contributed by atoms with van der Waals surface area (Å²) in [6, 6.07) is 0. The molecule has 0 spiro atoms. The molecule has 0 aliphatic rings. The Labute approximate surface area is 132 Å². The van der Waals surface area contributed by atoms with Crippen molar-refractivity contribution < 1.29 is 72.9 Å². The SMILES string of the molecule is O=P(O)(O)OO.O=P(O)(O)OO.O=P(O)(O)OO.[AsH3].[AsH3]. The summed E-state index contributed by atoms with van der Waals surface area (Å²) in [7, 11) is -13.8. The first-order chi connectivity index (χ1) is 7.68. The molecule has 0 aromatic heterocycles. The summed E-state index contributed by atoms with van der Waals surface area (Å²) in [6.45, 7) is 0. The van der Waals surface area contributed by atoms with Crippen LogP contribution in [-0.4, -0.2) is 81.0 Å². The van der Waals surface area contributed by atoms with Gasteiger partial charge in [-0.2, -0.15) is 0 Å². The van der Waals surface area contributed by atoms with Crippen LogP contribution in [0.3, 0.4) is 0 Å². The average molecular weight is 498 g/mol. The molecule has 0 aliphatic heterocycles. The van der Waals surface area contributed by atoms with Crippen molar-refractivity contribution >= 4 is 59.4 Å². The van der Waals surface area contributed by atoms with Crippen LogP contribution in [0.25, 0.3) is 0 Å². The van der Waals surface area contributed by atoms with Gasteiger partial charge in [0.1, 0.15) is 0 Å². The quantitative estimate of drug-likeness (QED) is 0.0786. The summed E-state index contributed by atoms with van der Waals surface area (Å²) in [5.74, 6) is 0. The maximum atomic E-state index is 9.22. The zero-order valence-corrected chi connectivity index (χ0v) is 17.8. The first-order valence-corrected chi connectivity index (χ1v) is 7.43. The summed E-state index contributed by atoms with van der Waals surface area (Å²) in [4.78, 5) is 44.8. The monoisotopic (exact) mass is 498 g/mol. The van der Waals surface area contributed by atoms with Crippen molar-refractivity contribution in [2.75, 3.05) is 0 Å². The summed E-state index contributed by atoms with van der Waals surface area (Å²) in [6.07, 6.45) is 0. The molecule has 0 heterocycles. The van der Waals surface area contributed by atoms with Crippen LogP contribution in [0.2, 0.25) is 0 Å². The van der Waals surface area contributed by atoms with Crippen LogP contribution in [0.15, 0.2) is 0 Å². The minimum atomic E-state index is -4.59. The molecule has 15 nitrogen and oxygen atoms in total. The third kappa shape index (κ3) is 60.9. The van der Waals surface area contributed by atoms with Gasteiger partial charge in [0, 0.05) is 0 Å². The summed E-state index contributed by atoms with van der Waals surface area (Å²) < 4.78 is 35.5. The van der Waals surface area contributed by atoms with Gasteiger partial charge in [-0.3, -0.25) is 0 Å². The van der Waals surface area contributed by atoms with Crippen molar-refractivity contribution in [3.63, 3.8) is 0 Å². The van der Waals surface area contributed by atoms with E-state index in [4.69, 9.17) is 45.1 Å². The van der Waals surface area contributed by atoms with Crippen molar-refractivity contribution in [2.24, 2.45) is 0 Å². The molecule has 0 saturated carbocycles. The molecule has 20 heteroatoms. The van der Waals surface area contributed by atoms with Crippen molar-refractivity contribution in [3.8, 4) is 0 Å². The third-order valence-electron chi connectivity index (χ3n) is 0.319. The van der Waals surface area contributed by atoms with Gasteiger partial charge in [-0.25, -0.2) is 29.5 Å². The summed E-state index contributed by atoms with van der Waals surface area (Å²) in [5, 5.41) is 21.4. The topological polar surface area (TPSA) is 261 Å². The molecular weight excluding hydrogens is 483 g/mol. The molecular formula is H15As2O15P3. The van der Waals surface area contributed by atoms with E-state index in [1.807, 2.05) is 0 Å². The fraction of sp³-hybridized carbons (Fsp3) is 0. The van der Waals surface area contributed by atoms with Gasteiger partial charge >= 0.3 is 59.4 Å². The van der Waals surface area contributed by atoms with E-state index in [9.17, 15) is 13.7 Å². The van der Waals surface area contributed by atoms with Crippen molar-refractivity contribution in [1.29, 1.82) is 0 Å². The number of hydrogen-bond donors (Lipinski definition) is 9. The molecule has 0 aromatic rings. The zero-order chi connectivity index (χ0) is 15.6. The second-order valence-electron chi connectivity index (χ2n) is 1.72. The van der Waals surface area contributed by atoms with Gasteiger partial charge in [-0.1, -0.05) is 0 Å². The molecule has 2 atom stereocenters. The molecule has 130 valence electrons. The predicted octanol–water partition coefficient (Wildman–Crippen LogP) is -3.66. The van der Waals surface area contributed by atoms with E-state index in [0.717, 1.165) is 0 Å². The van der Waals surface area contributed by atoms with Gasteiger partial charge in [-0.05, 0) is 0 Å². The first kappa shape index (κ1) is 33.1. The van der Waals surface area contributed by atoms with Gasteiger partial charge in [0.15, 0.2) is 0 Å². The second kappa shape index (κ2) is 15.2. The minimum absolute atomic E-state index is 0. The fourth-order valence-electron chi connectivity index (χ4n) is 0. The van der Waals surface area contributed by atoms with Crippen LogP contribution in [-0.2, 0) is 27.7 Å². The Bertz CT molecular complexity index is 266. The van der Waals surface area contributed by atoms with Crippen LogP contribution >= 0.6 is 23.5 Å². The Hall–Kier alpha value is 1.33. The van der Waals surface area contributed by atoms with Crippen molar-refractivity contribution in [2.45, 2.75) is 0 Å². The number of phosphoric acid groups is 3. The molecule has 0 amide bonds. The average Bonchev–Trinajstić information content (AvgIpc) is 2.16. The standard InChI is InChI=1S/2AsH3.3H3O5P/c;;3*1-5-6(2,3)4/h2*1H3;3*1H,(H2,2,3,4). The van der Waals surface area contributed by atoms with Crippen molar-refractivity contribution in [1.82, 2.24) is 0 Å². The first-order valence-electron chi connectivity index (χ1n) is 2.84. The van der Waals surface area contributed by atoms with Crippen LogP contribution in [0.5, 0.6) is 0 Å². The van der Waals surface area contributed by atoms with Gasteiger partial charge in [0.05, 0.1) is 0 Å². The van der Waals surface area contributed by atoms with E-state index in [1.165, 1.54) is 0 Å². The van der Waals surface area contributed by atoms with Crippen LogP contribution in [0.4, 0.5) is 0 Å². The molecule has 0 aromatic carbocycles. The Morgan fingerprint density at radius 3 is 0.550 bits per heavy atom. The van der Waals surface area contributed by atoms with Crippen LogP contribution in [0.1, 0.15) is 0 Å². The molecule has 0 aliphatic carbocycles. The molecule has 0 bridgehead atoms. The maximum absolute atomic E-state index is 9.22. The van der Waals surface area contributed by atoms with E-state index in [0.29, 0.717) is 0 Å².